The Kier molecular flexibility index (Phi) is 9.27. The molecule has 4 fully saturated rings. The van der Waals surface area contributed by atoms with Crippen LogP contribution in [0.5, 0.6) is 17.2 Å². The number of aromatic nitrogens is 2. The lowest BCUT2D eigenvalue weighted by Crippen LogP contribution is -2.79. The number of allylic oxidation sites excluding steroid dienone is 4. The number of carbonyl (C=O) groups excluding carboxylic acids is 2. The number of Topliss-reactive ketones (excluding diaryl/α,β-unsaturated/α-hetero) is 1. The van der Waals surface area contributed by atoms with E-state index in [2.05, 4.69) is 35.9 Å². The molecule has 3 aliphatic carbocycles. The number of benzene rings is 2. The maximum absolute atomic E-state index is 15.7. The van der Waals surface area contributed by atoms with Crippen LogP contribution in [-0.2, 0) is 30.0 Å². The first-order valence-electron chi connectivity index (χ1n) is 20.8. The van der Waals surface area contributed by atoms with Crippen molar-refractivity contribution in [3.63, 3.8) is 0 Å². The summed E-state index contributed by atoms with van der Waals surface area (Å²) in [5, 5.41) is 3.75. The van der Waals surface area contributed by atoms with Crippen molar-refractivity contribution in [2.24, 2.45) is 17.8 Å². The zero-order valence-electron chi connectivity index (χ0n) is 35.6. The SMILES string of the molecule is COC(=O)/C(C)=C\CC12OC(C)(C)C3CC(C1=O)C1C4C(Nc5nc6ccccc6n51)c1c(OP(=O)(O)O)c5c(c(CC=C(C)C)c1OC432)OC(C)(CCC=C(C)C)C=C5. The minimum absolute atomic E-state index is 0.0355. The second-order valence-electron chi connectivity index (χ2n) is 18.6. The zero-order valence-corrected chi connectivity index (χ0v) is 36.5. The van der Waals surface area contributed by atoms with E-state index in [-0.39, 0.29) is 23.9 Å². The topological polar surface area (TPSA) is 168 Å². The van der Waals surface area contributed by atoms with Gasteiger partial charge in [-0.3, -0.25) is 14.6 Å². The van der Waals surface area contributed by atoms with Crippen molar-refractivity contribution in [3.8, 4) is 17.2 Å². The highest BCUT2D eigenvalue weighted by Gasteiger charge is 2.86. The number of phosphoric ester groups is 1. The van der Waals surface area contributed by atoms with Gasteiger partial charge >= 0.3 is 13.8 Å². The number of ether oxygens (including phenoxy) is 4. The molecule has 13 nitrogen and oxygen atoms in total. The summed E-state index contributed by atoms with van der Waals surface area (Å²) in [6.07, 6.45) is 11.9. The van der Waals surface area contributed by atoms with Gasteiger partial charge in [0.2, 0.25) is 5.95 Å². The second-order valence-corrected chi connectivity index (χ2v) is 19.8. The highest BCUT2D eigenvalue weighted by atomic mass is 31.2. The number of methoxy groups -OCH3 is 1. The quantitative estimate of drug-likeness (QED) is 0.0771. The van der Waals surface area contributed by atoms with E-state index in [1.807, 2.05) is 71.0 Å². The maximum Gasteiger partial charge on any atom is 0.524 e. The molecule has 8 unspecified atom stereocenters. The van der Waals surface area contributed by atoms with Crippen LogP contribution < -0.4 is 19.3 Å². The number of esters is 1. The number of nitrogens with one attached hydrogen (secondary N) is 1. The van der Waals surface area contributed by atoms with Crippen molar-refractivity contribution in [1.29, 1.82) is 0 Å². The van der Waals surface area contributed by atoms with Crippen LogP contribution in [0.3, 0.4) is 0 Å². The maximum atomic E-state index is 15.7. The number of anilines is 1. The fourth-order valence-corrected chi connectivity index (χ4v) is 11.9. The molecule has 0 amide bonds. The number of fused-ring (bicyclic) bond motifs is 6. The molecule has 4 aliphatic heterocycles. The predicted octanol–water partition coefficient (Wildman–Crippen LogP) is 8.66. The van der Waals surface area contributed by atoms with Gasteiger partial charge < -0.3 is 33.4 Å². The summed E-state index contributed by atoms with van der Waals surface area (Å²) in [4.78, 5) is 54.9. The molecule has 14 heteroatoms. The Hall–Kier alpha value is -4.68. The monoisotopic (exact) mass is 839 g/mol. The molecular formula is C46H54N3O10P. The second kappa shape index (κ2) is 13.7. The van der Waals surface area contributed by atoms with Crippen molar-refractivity contribution in [2.45, 2.75) is 122 Å². The average molecular weight is 840 g/mol. The highest BCUT2D eigenvalue weighted by Crippen LogP contribution is 2.76. The Morgan fingerprint density at radius 1 is 1.05 bits per heavy atom. The van der Waals surface area contributed by atoms with Crippen molar-refractivity contribution < 1.29 is 47.4 Å². The highest BCUT2D eigenvalue weighted by molar-refractivity contribution is 7.46. The Labute approximate surface area is 350 Å². The van der Waals surface area contributed by atoms with Gasteiger partial charge in [-0.25, -0.2) is 14.3 Å². The number of hydrogen-bond acceptors (Lipinski definition) is 10. The van der Waals surface area contributed by atoms with Gasteiger partial charge in [-0.05, 0) is 105 Å². The van der Waals surface area contributed by atoms with E-state index in [9.17, 15) is 19.1 Å². The van der Waals surface area contributed by atoms with Crippen LogP contribution in [0.2, 0.25) is 0 Å². The van der Waals surface area contributed by atoms with Crippen molar-refractivity contribution in [3.05, 3.63) is 82.0 Å². The molecule has 318 valence electrons. The summed E-state index contributed by atoms with van der Waals surface area (Å²) in [5.41, 5.74) is 1.03. The summed E-state index contributed by atoms with van der Waals surface area (Å²) in [6, 6.07) is 6.56. The van der Waals surface area contributed by atoms with Gasteiger partial charge in [0.25, 0.3) is 0 Å². The van der Waals surface area contributed by atoms with Crippen LogP contribution in [0.4, 0.5) is 5.95 Å². The van der Waals surface area contributed by atoms with Gasteiger partial charge in [-0.15, -0.1) is 0 Å². The molecule has 8 atom stereocenters. The Bertz CT molecular complexity index is 2540. The van der Waals surface area contributed by atoms with Gasteiger partial charge in [-0.1, -0.05) is 41.5 Å². The summed E-state index contributed by atoms with van der Waals surface area (Å²) in [7, 11) is -3.87. The van der Waals surface area contributed by atoms with E-state index in [1.165, 1.54) is 12.7 Å². The van der Waals surface area contributed by atoms with Gasteiger partial charge in [0, 0.05) is 35.3 Å². The first kappa shape index (κ1) is 40.7. The number of para-hydroxylation sites is 2. The zero-order chi connectivity index (χ0) is 42.9. The minimum atomic E-state index is -5.20. The molecule has 7 aliphatic rings. The lowest BCUT2D eigenvalue weighted by atomic mass is 9.44. The molecular weight excluding hydrogens is 785 g/mol. The first-order valence-corrected chi connectivity index (χ1v) is 22.3. The van der Waals surface area contributed by atoms with E-state index in [1.54, 1.807) is 13.0 Å². The third-order valence-corrected chi connectivity index (χ3v) is 14.3. The molecule has 0 radical (unpaired) electrons. The van der Waals surface area contributed by atoms with E-state index in [0.29, 0.717) is 59.0 Å². The fraction of sp³-hybridized carbons (Fsp3) is 0.500. The number of hydrogen-bond donors (Lipinski definition) is 3. The van der Waals surface area contributed by atoms with Gasteiger partial charge in [0.15, 0.2) is 22.7 Å². The normalized spacial score (nSPS) is 31.1. The number of imidazole rings is 1. The predicted molar refractivity (Wildman–Crippen MR) is 226 cm³/mol. The fourth-order valence-electron chi connectivity index (χ4n) is 11.5. The van der Waals surface area contributed by atoms with Crippen LogP contribution in [0.15, 0.2) is 65.3 Å². The van der Waals surface area contributed by atoms with Gasteiger partial charge in [0.05, 0.1) is 47.0 Å². The number of phosphoric acid groups is 1. The minimum Gasteiger partial charge on any atom is -0.482 e. The molecule has 3 saturated carbocycles. The van der Waals surface area contributed by atoms with Crippen LogP contribution in [-0.4, -0.2) is 60.6 Å². The third kappa shape index (κ3) is 5.82. The smallest absolute Gasteiger partial charge is 0.482 e. The average Bonchev–Trinajstić information content (AvgIpc) is 3.61. The van der Waals surface area contributed by atoms with Crippen LogP contribution in [0, 0.1) is 17.8 Å². The van der Waals surface area contributed by atoms with E-state index >= 15 is 4.79 Å². The van der Waals surface area contributed by atoms with Crippen LogP contribution in [0.25, 0.3) is 17.1 Å². The van der Waals surface area contributed by atoms with Gasteiger partial charge in [0.1, 0.15) is 17.1 Å². The van der Waals surface area contributed by atoms with Gasteiger partial charge in [-0.2, -0.15) is 0 Å². The van der Waals surface area contributed by atoms with Crippen LogP contribution in [0.1, 0.15) is 110 Å². The molecule has 2 aromatic carbocycles. The van der Waals surface area contributed by atoms with E-state index < -0.39 is 60.1 Å². The molecule has 60 heavy (non-hydrogen) atoms. The molecule has 1 aromatic heterocycles. The molecule has 1 spiro atoms. The van der Waals surface area contributed by atoms with Crippen molar-refractivity contribution in [2.75, 3.05) is 12.4 Å². The standard InChI is InChI=1S/C46H54N3O10P/c1-24(2)13-12-20-44(8)21-19-28-37(56-44)27(17-16-25(3)4)38-33(39(28)58-60(52,53)54)35-34-36(49-31-15-11-10-14-30(31)47-42(49)48-35)29-23-32-43(6,7)59-45(40(29)50,46(32,34)57-38)22-18-26(5)41(51)55-9/h10-11,13-16,18-19,21,29,32,34-36H,12,17,20,22-23H2,1-9H3,(H,47,48)(H2,52,53,54)/b26-18-. The Balaban J connectivity index is 1.38. The van der Waals surface area contributed by atoms with E-state index in [4.69, 9.17) is 28.5 Å². The lowest BCUT2D eigenvalue weighted by molar-refractivity contribution is -0.222. The number of rotatable bonds is 10. The van der Waals surface area contributed by atoms with Crippen molar-refractivity contribution >= 4 is 42.6 Å². The van der Waals surface area contributed by atoms with E-state index in [0.717, 1.165) is 23.0 Å². The van der Waals surface area contributed by atoms with Crippen LogP contribution >= 0.6 is 7.82 Å². The van der Waals surface area contributed by atoms with Crippen molar-refractivity contribution in [1.82, 2.24) is 9.55 Å². The molecule has 3 aromatic rings. The lowest BCUT2D eigenvalue weighted by Gasteiger charge is -2.67. The molecule has 5 heterocycles. The summed E-state index contributed by atoms with van der Waals surface area (Å²) >= 11 is 0. The molecule has 4 bridgehead atoms. The molecule has 10 rings (SSSR count). The third-order valence-electron chi connectivity index (χ3n) is 13.8. The summed E-state index contributed by atoms with van der Waals surface area (Å²) in [6.45, 7) is 15.8. The summed E-state index contributed by atoms with van der Waals surface area (Å²) in [5.74, 6) is -0.880. The largest absolute Gasteiger partial charge is 0.524 e. The number of carbonyl (C=O) groups is 2. The summed E-state index contributed by atoms with van der Waals surface area (Å²) < 4.78 is 48.1. The first-order chi connectivity index (χ1) is 28.3. The number of ketones is 1. The molecule has 3 N–H and O–H groups in total. The Morgan fingerprint density at radius 3 is 2.48 bits per heavy atom. The Morgan fingerprint density at radius 2 is 1.78 bits per heavy atom. The molecule has 1 saturated heterocycles. The number of nitrogens with zero attached hydrogens (tertiary/aromatic N) is 2.